The molecule has 19 heavy (non-hydrogen) atoms. The maximum atomic E-state index is 11.9. The van der Waals surface area contributed by atoms with Crippen molar-refractivity contribution >= 4 is 17.5 Å². The monoisotopic (exact) mass is 281 g/mol. The van der Waals surface area contributed by atoms with Gasteiger partial charge in [0.25, 0.3) is 0 Å². The van der Waals surface area contributed by atoms with E-state index in [9.17, 15) is 4.79 Å². The highest BCUT2D eigenvalue weighted by Gasteiger charge is 2.32. The summed E-state index contributed by atoms with van der Waals surface area (Å²) in [5, 5.41) is 0. The Morgan fingerprint density at radius 2 is 2.11 bits per heavy atom. The lowest BCUT2D eigenvalue weighted by Gasteiger charge is -2.24. The molecule has 1 aromatic rings. The number of hydrogen-bond donors (Lipinski definition) is 0. The van der Waals surface area contributed by atoms with Gasteiger partial charge in [0.05, 0.1) is 6.04 Å². The number of nitrogens with zero attached hydrogens (tertiary/aromatic N) is 1. The van der Waals surface area contributed by atoms with E-state index in [1.54, 1.807) is 0 Å². The van der Waals surface area contributed by atoms with Gasteiger partial charge in [-0.25, -0.2) is 0 Å². The van der Waals surface area contributed by atoms with Crippen LogP contribution in [0.5, 0.6) is 5.75 Å². The number of carbonyl (C=O) groups excluding carboxylic acids is 1. The second kappa shape index (κ2) is 6.29. The highest BCUT2D eigenvalue weighted by Crippen LogP contribution is 2.21. The number of likely N-dealkylation sites (tertiary alicyclic amines) is 1. The van der Waals surface area contributed by atoms with Gasteiger partial charge in [-0.1, -0.05) is 17.7 Å². The van der Waals surface area contributed by atoms with Gasteiger partial charge in [-0.3, -0.25) is 4.79 Å². The molecule has 2 rings (SSSR count). The van der Waals surface area contributed by atoms with Crippen LogP contribution in [0.2, 0.25) is 0 Å². The van der Waals surface area contributed by atoms with Crippen molar-refractivity contribution in [2.24, 2.45) is 5.92 Å². The first kappa shape index (κ1) is 14.2. The lowest BCUT2D eigenvalue weighted by molar-refractivity contribution is -0.129. The van der Waals surface area contributed by atoms with Crippen LogP contribution >= 0.6 is 11.6 Å². The Morgan fingerprint density at radius 1 is 1.42 bits per heavy atom. The van der Waals surface area contributed by atoms with Gasteiger partial charge < -0.3 is 9.64 Å². The van der Waals surface area contributed by atoms with Crippen molar-refractivity contribution in [2.75, 3.05) is 19.0 Å². The van der Waals surface area contributed by atoms with Crippen molar-refractivity contribution < 1.29 is 9.53 Å². The van der Waals surface area contributed by atoms with Crippen LogP contribution in [0, 0.1) is 12.8 Å². The first-order valence-corrected chi connectivity index (χ1v) is 7.18. The predicted octanol–water partition coefficient (Wildman–Crippen LogP) is 2.85. The summed E-state index contributed by atoms with van der Waals surface area (Å²) in [6.07, 6.45) is 0.568. The van der Waals surface area contributed by atoms with Crippen molar-refractivity contribution in [3.05, 3.63) is 29.8 Å². The zero-order chi connectivity index (χ0) is 13.8. The topological polar surface area (TPSA) is 29.5 Å². The molecule has 3 nitrogen and oxygen atoms in total. The van der Waals surface area contributed by atoms with E-state index in [0.29, 0.717) is 18.9 Å². The average Bonchev–Trinajstić information content (AvgIpc) is 2.79. The molecule has 0 spiro atoms. The molecule has 0 saturated carbocycles. The summed E-state index contributed by atoms with van der Waals surface area (Å²) in [5.41, 5.74) is 1.21. The summed E-state index contributed by atoms with van der Waals surface area (Å²) in [6, 6.07) is 8.03. The van der Waals surface area contributed by atoms with E-state index in [2.05, 4.69) is 0 Å². The molecule has 0 aliphatic carbocycles. The summed E-state index contributed by atoms with van der Waals surface area (Å²) in [5.74, 6) is 1.87. The molecule has 1 saturated heterocycles. The Hall–Kier alpha value is -1.22. The number of hydrogen-bond acceptors (Lipinski definition) is 2. The lowest BCUT2D eigenvalue weighted by Crippen LogP contribution is -2.38. The highest BCUT2D eigenvalue weighted by atomic mass is 35.5. The molecule has 1 fully saturated rings. The molecule has 0 aromatic heterocycles. The Bertz CT molecular complexity index is 432. The van der Waals surface area contributed by atoms with Crippen LogP contribution in [0.25, 0.3) is 0 Å². The number of rotatable bonds is 5. The predicted molar refractivity (Wildman–Crippen MR) is 76.7 cm³/mol. The lowest BCUT2D eigenvalue weighted by atomic mass is 10.1. The molecule has 1 aromatic carbocycles. The summed E-state index contributed by atoms with van der Waals surface area (Å²) >= 11 is 5.82. The zero-order valence-corrected chi connectivity index (χ0v) is 12.2. The van der Waals surface area contributed by atoms with Crippen LogP contribution in [0.4, 0.5) is 0 Å². The number of alkyl halides is 1. The van der Waals surface area contributed by atoms with E-state index >= 15 is 0 Å². The molecular weight excluding hydrogens is 262 g/mol. The number of benzene rings is 1. The normalized spacial score (nSPS) is 20.7. The van der Waals surface area contributed by atoms with Gasteiger partial charge >= 0.3 is 0 Å². The minimum Gasteiger partial charge on any atom is -0.491 e. The third-order valence-corrected chi connectivity index (χ3v) is 3.94. The number of halogens is 1. The maximum absolute atomic E-state index is 11.9. The van der Waals surface area contributed by atoms with Crippen LogP contribution in [-0.2, 0) is 4.79 Å². The molecule has 1 aliphatic heterocycles. The number of ether oxygens (including phenoxy) is 1. The van der Waals surface area contributed by atoms with Crippen LogP contribution in [0.15, 0.2) is 24.3 Å². The molecule has 1 aliphatic rings. The molecule has 0 N–H and O–H groups in total. The summed E-state index contributed by atoms with van der Waals surface area (Å²) in [4.78, 5) is 13.7. The third kappa shape index (κ3) is 3.63. The van der Waals surface area contributed by atoms with Gasteiger partial charge in [0.2, 0.25) is 5.91 Å². The van der Waals surface area contributed by atoms with Crippen LogP contribution in [0.3, 0.4) is 0 Å². The molecule has 0 radical (unpaired) electrons. The number of carbonyl (C=O) groups is 1. The second-order valence-electron chi connectivity index (χ2n) is 5.24. The fraction of sp³-hybridized carbons (Fsp3) is 0.533. The Labute approximate surface area is 119 Å². The SMILES string of the molecule is Cc1ccc(OCC(C)N2CC(CCl)CC2=O)cc1. The van der Waals surface area contributed by atoms with Crippen molar-refractivity contribution in [3.63, 3.8) is 0 Å². The smallest absolute Gasteiger partial charge is 0.223 e. The molecule has 1 heterocycles. The van der Waals surface area contributed by atoms with Crippen molar-refractivity contribution in [1.29, 1.82) is 0 Å². The fourth-order valence-electron chi connectivity index (χ4n) is 2.28. The number of aryl methyl sites for hydroxylation is 1. The second-order valence-corrected chi connectivity index (χ2v) is 5.55. The molecule has 1 amide bonds. The van der Waals surface area contributed by atoms with Crippen molar-refractivity contribution in [3.8, 4) is 5.75 Å². The van der Waals surface area contributed by atoms with E-state index in [4.69, 9.17) is 16.3 Å². The molecule has 0 bridgehead atoms. The zero-order valence-electron chi connectivity index (χ0n) is 11.4. The van der Waals surface area contributed by atoms with E-state index in [0.717, 1.165) is 12.3 Å². The van der Waals surface area contributed by atoms with Crippen molar-refractivity contribution in [2.45, 2.75) is 26.3 Å². The molecule has 2 unspecified atom stereocenters. The van der Waals surface area contributed by atoms with E-state index < -0.39 is 0 Å². The van der Waals surface area contributed by atoms with Gasteiger partial charge in [-0.05, 0) is 31.9 Å². The van der Waals surface area contributed by atoms with Gasteiger partial charge in [0, 0.05) is 18.8 Å². The van der Waals surface area contributed by atoms with Crippen LogP contribution < -0.4 is 4.74 Å². The Kier molecular flexibility index (Phi) is 4.70. The summed E-state index contributed by atoms with van der Waals surface area (Å²) in [6.45, 7) is 5.33. The molecule has 4 heteroatoms. The number of amides is 1. The quantitative estimate of drug-likeness (QED) is 0.777. The van der Waals surface area contributed by atoms with Crippen molar-refractivity contribution in [1.82, 2.24) is 4.90 Å². The van der Waals surface area contributed by atoms with E-state index in [-0.39, 0.29) is 17.9 Å². The maximum Gasteiger partial charge on any atom is 0.223 e. The fourth-order valence-corrected chi connectivity index (χ4v) is 2.49. The van der Waals surface area contributed by atoms with Gasteiger partial charge in [0.15, 0.2) is 0 Å². The molecule has 104 valence electrons. The molecular formula is C15H20ClNO2. The van der Waals surface area contributed by atoms with E-state index in [1.807, 2.05) is 43.0 Å². The summed E-state index contributed by atoms with van der Waals surface area (Å²) in [7, 11) is 0. The first-order valence-electron chi connectivity index (χ1n) is 6.65. The highest BCUT2D eigenvalue weighted by molar-refractivity contribution is 6.18. The third-order valence-electron chi connectivity index (χ3n) is 3.50. The minimum atomic E-state index is 0.0852. The first-order chi connectivity index (χ1) is 9.10. The standard InChI is InChI=1S/C15H20ClNO2/c1-11-3-5-14(6-4-11)19-10-12(2)17-9-13(8-16)7-15(17)18/h3-6,12-13H,7-10H2,1-2H3. The summed E-state index contributed by atoms with van der Waals surface area (Å²) < 4.78 is 5.73. The van der Waals surface area contributed by atoms with E-state index in [1.165, 1.54) is 5.56 Å². The van der Waals surface area contributed by atoms with Gasteiger partial charge in [-0.15, -0.1) is 11.6 Å². The average molecular weight is 282 g/mol. The largest absolute Gasteiger partial charge is 0.491 e. The molecule has 2 atom stereocenters. The van der Waals surface area contributed by atoms with Crippen LogP contribution in [0.1, 0.15) is 18.9 Å². The minimum absolute atomic E-state index is 0.0852. The van der Waals surface area contributed by atoms with Gasteiger partial charge in [-0.2, -0.15) is 0 Å². The van der Waals surface area contributed by atoms with Crippen LogP contribution in [-0.4, -0.2) is 35.9 Å². The Balaban J connectivity index is 1.86. The Morgan fingerprint density at radius 3 is 2.68 bits per heavy atom. The van der Waals surface area contributed by atoms with Gasteiger partial charge in [0.1, 0.15) is 12.4 Å².